The van der Waals surface area contributed by atoms with E-state index in [1.54, 1.807) is 24.3 Å². The van der Waals surface area contributed by atoms with Crippen LogP contribution in [-0.2, 0) is 11.3 Å². The van der Waals surface area contributed by atoms with Gasteiger partial charge in [-0.1, -0.05) is 17.2 Å². The maximum Gasteiger partial charge on any atom is 0.251 e. The molecular formula is C14H20N6O2. The molecule has 5 N–H and O–H groups in total. The highest BCUT2D eigenvalue weighted by Crippen LogP contribution is 2.07. The van der Waals surface area contributed by atoms with Gasteiger partial charge in [0, 0.05) is 17.0 Å². The van der Waals surface area contributed by atoms with Crippen LogP contribution in [0.5, 0.6) is 0 Å². The highest BCUT2D eigenvalue weighted by atomic mass is 16.2. The van der Waals surface area contributed by atoms with Gasteiger partial charge in [-0.3, -0.25) is 9.59 Å². The molecule has 0 aliphatic heterocycles. The van der Waals surface area contributed by atoms with Crippen molar-refractivity contribution in [3.8, 4) is 0 Å². The molecule has 0 aromatic heterocycles. The van der Waals surface area contributed by atoms with E-state index in [4.69, 9.17) is 17.0 Å². The van der Waals surface area contributed by atoms with Gasteiger partial charge in [-0.15, -0.1) is 0 Å². The smallest absolute Gasteiger partial charge is 0.251 e. The van der Waals surface area contributed by atoms with Crippen molar-refractivity contribution in [3.63, 3.8) is 0 Å². The summed E-state index contributed by atoms with van der Waals surface area (Å²) in [6.45, 7) is 0.702. The first-order valence-corrected chi connectivity index (χ1v) is 6.97. The molecule has 1 atom stereocenters. The van der Waals surface area contributed by atoms with Gasteiger partial charge in [-0.05, 0) is 42.5 Å². The number of carbonyl (C=O) groups excluding carboxylic acids is 2. The Kier molecular flexibility index (Phi) is 7.45. The van der Waals surface area contributed by atoms with E-state index < -0.39 is 11.9 Å². The molecule has 8 heteroatoms. The Hall–Kier alpha value is -2.57. The fraction of sp³-hybridized carbons (Fsp3) is 0.429. The maximum atomic E-state index is 12.0. The van der Waals surface area contributed by atoms with Crippen LogP contribution in [0.15, 0.2) is 29.4 Å². The Morgan fingerprint density at radius 1 is 1.36 bits per heavy atom. The highest BCUT2D eigenvalue weighted by Gasteiger charge is 2.09. The van der Waals surface area contributed by atoms with Gasteiger partial charge < -0.3 is 16.8 Å². The first-order valence-electron chi connectivity index (χ1n) is 6.97. The fourth-order valence-corrected chi connectivity index (χ4v) is 1.86. The Balaban J connectivity index is 2.36. The van der Waals surface area contributed by atoms with Gasteiger partial charge in [0.2, 0.25) is 5.91 Å². The van der Waals surface area contributed by atoms with Crippen LogP contribution in [0.4, 0.5) is 0 Å². The highest BCUT2D eigenvalue weighted by molar-refractivity contribution is 5.94. The molecule has 0 aliphatic rings. The number of nitrogens with one attached hydrogen (secondary N) is 1. The lowest BCUT2D eigenvalue weighted by molar-refractivity contribution is -0.119. The number of nitrogens with two attached hydrogens (primary N) is 2. The Labute approximate surface area is 128 Å². The van der Waals surface area contributed by atoms with Crippen LogP contribution in [0, 0.1) is 0 Å². The number of nitrogens with zero attached hydrogens (tertiary/aromatic N) is 3. The van der Waals surface area contributed by atoms with Crippen LogP contribution in [0.2, 0.25) is 0 Å². The molecule has 118 valence electrons. The van der Waals surface area contributed by atoms with Gasteiger partial charge >= 0.3 is 0 Å². The van der Waals surface area contributed by atoms with E-state index in [9.17, 15) is 9.59 Å². The van der Waals surface area contributed by atoms with Crippen LogP contribution in [0.1, 0.15) is 35.2 Å². The largest absolute Gasteiger partial charge is 0.368 e. The van der Waals surface area contributed by atoms with Gasteiger partial charge in [0.1, 0.15) is 0 Å². The molecule has 0 saturated heterocycles. The number of rotatable bonds is 9. The monoisotopic (exact) mass is 304 g/mol. The van der Waals surface area contributed by atoms with Crippen molar-refractivity contribution in [1.82, 2.24) is 5.32 Å². The molecule has 1 aromatic carbocycles. The van der Waals surface area contributed by atoms with Crippen molar-refractivity contribution in [2.75, 3.05) is 6.54 Å². The minimum atomic E-state index is -0.631. The Bertz CT molecular complexity index is 568. The second-order valence-corrected chi connectivity index (χ2v) is 4.85. The summed E-state index contributed by atoms with van der Waals surface area (Å²) in [5, 5.41) is 6.24. The van der Waals surface area contributed by atoms with Crippen molar-refractivity contribution < 1.29 is 9.59 Å². The van der Waals surface area contributed by atoms with Gasteiger partial charge in [0.25, 0.3) is 5.91 Å². The zero-order valence-corrected chi connectivity index (χ0v) is 12.2. The quantitative estimate of drug-likeness (QED) is 0.272. The lowest BCUT2D eigenvalue weighted by atomic mass is 10.1. The normalized spacial score (nSPS) is 11.3. The molecule has 0 saturated carbocycles. The van der Waals surface area contributed by atoms with Crippen LogP contribution in [0.3, 0.4) is 0 Å². The van der Waals surface area contributed by atoms with Crippen LogP contribution >= 0.6 is 0 Å². The zero-order chi connectivity index (χ0) is 16.4. The number of carbonyl (C=O) groups is 2. The van der Waals surface area contributed by atoms with Crippen molar-refractivity contribution in [1.29, 1.82) is 0 Å². The molecule has 1 rings (SSSR count). The fourth-order valence-electron chi connectivity index (χ4n) is 1.86. The summed E-state index contributed by atoms with van der Waals surface area (Å²) in [5.41, 5.74) is 20.1. The summed E-state index contributed by atoms with van der Waals surface area (Å²) in [6.07, 6.45) is 1.93. The standard InChI is InChI=1S/C14H20N6O2/c15-12(13(16)21)6-1-2-7-18-14(22)11-5-3-4-10(8-11)9-19-20-17/h3-5,8,12H,1-2,6-7,9,15H2,(H2,16,21)(H,18,22). The van der Waals surface area contributed by atoms with Crippen LogP contribution in [0.25, 0.3) is 10.4 Å². The van der Waals surface area contributed by atoms with Gasteiger partial charge in [-0.25, -0.2) is 0 Å². The van der Waals surface area contributed by atoms with Crippen molar-refractivity contribution in [2.24, 2.45) is 16.6 Å². The average molecular weight is 304 g/mol. The molecule has 0 aliphatic carbocycles. The van der Waals surface area contributed by atoms with E-state index in [2.05, 4.69) is 15.3 Å². The van der Waals surface area contributed by atoms with E-state index in [0.717, 1.165) is 5.56 Å². The molecule has 2 amide bonds. The zero-order valence-electron chi connectivity index (χ0n) is 12.2. The molecule has 0 radical (unpaired) electrons. The summed E-state index contributed by atoms with van der Waals surface area (Å²) in [7, 11) is 0. The minimum Gasteiger partial charge on any atom is -0.368 e. The topological polar surface area (TPSA) is 147 Å². The minimum absolute atomic E-state index is 0.193. The molecule has 1 aromatic rings. The molecule has 0 bridgehead atoms. The lowest BCUT2D eigenvalue weighted by Gasteiger charge is -2.08. The predicted molar refractivity (Wildman–Crippen MR) is 82.6 cm³/mol. The van der Waals surface area contributed by atoms with E-state index in [1.165, 1.54) is 0 Å². The van der Waals surface area contributed by atoms with Gasteiger partial charge in [0.15, 0.2) is 0 Å². The van der Waals surface area contributed by atoms with Crippen molar-refractivity contribution in [3.05, 3.63) is 45.8 Å². The van der Waals surface area contributed by atoms with Crippen molar-refractivity contribution >= 4 is 11.8 Å². The number of primary amides is 1. The van der Waals surface area contributed by atoms with E-state index in [1.807, 2.05) is 0 Å². The van der Waals surface area contributed by atoms with Crippen LogP contribution in [-0.4, -0.2) is 24.4 Å². The van der Waals surface area contributed by atoms with Gasteiger partial charge in [0.05, 0.1) is 12.6 Å². The first-order chi connectivity index (χ1) is 10.5. The second-order valence-electron chi connectivity index (χ2n) is 4.85. The second kappa shape index (κ2) is 9.38. The average Bonchev–Trinajstić information content (AvgIpc) is 2.52. The summed E-state index contributed by atoms with van der Waals surface area (Å²) >= 11 is 0. The molecule has 22 heavy (non-hydrogen) atoms. The summed E-state index contributed by atoms with van der Waals surface area (Å²) in [4.78, 5) is 25.4. The third-order valence-electron chi connectivity index (χ3n) is 3.10. The molecule has 1 unspecified atom stereocenters. The van der Waals surface area contributed by atoms with E-state index in [0.29, 0.717) is 31.4 Å². The maximum absolute atomic E-state index is 12.0. The van der Waals surface area contributed by atoms with Gasteiger partial charge in [-0.2, -0.15) is 0 Å². The number of hydrogen-bond donors (Lipinski definition) is 3. The lowest BCUT2D eigenvalue weighted by Crippen LogP contribution is -2.36. The third-order valence-corrected chi connectivity index (χ3v) is 3.10. The first kappa shape index (κ1) is 17.5. The van der Waals surface area contributed by atoms with Crippen molar-refractivity contribution in [2.45, 2.75) is 31.8 Å². The third kappa shape index (κ3) is 6.25. The Morgan fingerprint density at radius 2 is 2.14 bits per heavy atom. The number of amides is 2. The molecule has 0 spiro atoms. The molecule has 0 heterocycles. The molecule has 8 nitrogen and oxygen atoms in total. The summed E-state index contributed by atoms with van der Waals surface area (Å²) in [6, 6.07) is 6.28. The molecular weight excluding hydrogens is 284 g/mol. The summed E-state index contributed by atoms with van der Waals surface area (Å²) in [5.74, 6) is -0.706. The predicted octanol–water partition coefficient (Wildman–Crippen LogP) is 1.21. The SMILES string of the molecule is [N-]=[N+]=NCc1cccc(C(=O)NCCCCC(N)C(N)=O)c1. The molecule has 0 fully saturated rings. The van der Waals surface area contributed by atoms with Crippen LogP contribution < -0.4 is 16.8 Å². The number of hydrogen-bond acceptors (Lipinski definition) is 4. The van der Waals surface area contributed by atoms with E-state index in [-0.39, 0.29) is 12.5 Å². The number of unbranched alkanes of at least 4 members (excludes halogenated alkanes) is 1. The number of azide groups is 1. The summed E-state index contributed by atoms with van der Waals surface area (Å²) < 4.78 is 0. The number of benzene rings is 1. The Morgan fingerprint density at radius 3 is 2.82 bits per heavy atom. The van der Waals surface area contributed by atoms with E-state index >= 15 is 0 Å².